The molecule has 3 heteroatoms. The Kier molecular flexibility index (Phi) is 3.45. The zero-order chi connectivity index (χ0) is 14.1. The zero-order valence-electron chi connectivity index (χ0n) is 11.6. The van der Waals surface area contributed by atoms with Crippen LogP contribution in [0.4, 0.5) is 0 Å². The van der Waals surface area contributed by atoms with Gasteiger partial charge >= 0.3 is 5.97 Å². The largest absolute Gasteiger partial charge is 0.481 e. The molecular weight excluding hydrogens is 250 g/mol. The van der Waals surface area contributed by atoms with Crippen molar-refractivity contribution in [2.75, 3.05) is 13.6 Å². The molecule has 0 spiro atoms. The summed E-state index contributed by atoms with van der Waals surface area (Å²) in [5, 5.41) is 11.5. The molecule has 1 N–H and O–H groups in total. The van der Waals surface area contributed by atoms with Crippen LogP contribution in [0.3, 0.4) is 0 Å². The van der Waals surface area contributed by atoms with E-state index in [4.69, 9.17) is 5.11 Å². The van der Waals surface area contributed by atoms with E-state index in [-0.39, 0.29) is 12.0 Å². The fraction of sp³-hybridized carbons (Fsp3) is 0.353. The Morgan fingerprint density at radius 1 is 1.25 bits per heavy atom. The molecular formula is C17H19NO2. The molecule has 0 radical (unpaired) electrons. The molecule has 0 aromatic heterocycles. The number of carboxylic acids is 1. The third-order valence-corrected chi connectivity index (χ3v) is 4.21. The SMILES string of the molecule is CN(CCc1ccc2ccccc2c1)C1CC1C(=O)O. The summed E-state index contributed by atoms with van der Waals surface area (Å²) in [6.45, 7) is 0.910. The Bertz CT molecular complexity index is 638. The number of hydrogen-bond donors (Lipinski definition) is 1. The highest BCUT2D eigenvalue weighted by Crippen LogP contribution is 2.35. The van der Waals surface area contributed by atoms with Crippen LogP contribution in [0, 0.1) is 5.92 Å². The van der Waals surface area contributed by atoms with Crippen molar-refractivity contribution in [2.24, 2.45) is 5.92 Å². The van der Waals surface area contributed by atoms with Crippen molar-refractivity contribution >= 4 is 16.7 Å². The predicted molar refractivity (Wildman–Crippen MR) is 79.8 cm³/mol. The van der Waals surface area contributed by atoms with Crippen LogP contribution < -0.4 is 0 Å². The number of carboxylic acid groups (broad SMARTS) is 1. The molecule has 2 aromatic rings. The van der Waals surface area contributed by atoms with Gasteiger partial charge in [0.2, 0.25) is 0 Å². The number of benzene rings is 2. The minimum Gasteiger partial charge on any atom is -0.481 e. The van der Waals surface area contributed by atoms with Gasteiger partial charge in [-0.2, -0.15) is 0 Å². The lowest BCUT2D eigenvalue weighted by atomic mass is 10.1. The van der Waals surface area contributed by atoms with Crippen LogP contribution >= 0.6 is 0 Å². The minimum atomic E-state index is -0.660. The van der Waals surface area contributed by atoms with Gasteiger partial charge in [-0.25, -0.2) is 0 Å². The minimum absolute atomic E-state index is 0.156. The van der Waals surface area contributed by atoms with E-state index in [0.29, 0.717) is 0 Å². The zero-order valence-corrected chi connectivity index (χ0v) is 11.6. The van der Waals surface area contributed by atoms with Gasteiger partial charge in [0.1, 0.15) is 0 Å². The van der Waals surface area contributed by atoms with Gasteiger partial charge in [-0.1, -0.05) is 42.5 Å². The van der Waals surface area contributed by atoms with Crippen LogP contribution in [-0.4, -0.2) is 35.6 Å². The van der Waals surface area contributed by atoms with Gasteiger partial charge in [0, 0.05) is 12.6 Å². The van der Waals surface area contributed by atoms with Gasteiger partial charge in [-0.3, -0.25) is 4.79 Å². The summed E-state index contributed by atoms with van der Waals surface area (Å²) < 4.78 is 0. The molecule has 1 fully saturated rings. The molecule has 1 saturated carbocycles. The third kappa shape index (κ3) is 2.68. The molecule has 2 atom stereocenters. The smallest absolute Gasteiger partial charge is 0.308 e. The number of carbonyl (C=O) groups is 1. The molecule has 0 aliphatic heterocycles. The molecule has 2 aromatic carbocycles. The number of rotatable bonds is 5. The summed E-state index contributed by atoms with van der Waals surface area (Å²) in [4.78, 5) is 13.0. The number of likely N-dealkylation sites (N-methyl/N-ethyl adjacent to an activating group) is 1. The molecule has 20 heavy (non-hydrogen) atoms. The molecule has 0 saturated heterocycles. The van der Waals surface area contributed by atoms with Gasteiger partial charge < -0.3 is 10.0 Å². The fourth-order valence-corrected chi connectivity index (χ4v) is 2.80. The molecule has 3 nitrogen and oxygen atoms in total. The first-order valence-corrected chi connectivity index (χ1v) is 7.06. The molecule has 1 aliphatic carbocycles. The topological polar surface area (TPSA) is 40.5 Å². The van der Waals surface area contributed by atoms with E-state index in [1.165, 1.54) is 16.3 Å². The average Bonchev–Trinajstić information content (AvgIpc) is 3.25. The number of hydrogen-bond acceptors (Lipinski definition) is 2. The van der Waals surface area contributed by atoms with Crippen molar-refractivity contribution in [3.63, 3.8) is 0 Å². The number of nitrogens with zero attached hydrogens (tertiary/aromatic N) is 1. The first kappa shape index (κ1) is 13.1. The van der Waals surface area contributed by atoms with Crippen molar-refractivity contribution in [3.8, 4) is 0 Å². The Balaban J connectivity index is 1.61. The van der Waals surface area contributed by atoms with E-state index in [1.807, 2.05) is 7.05 Å². The Labute approximate surface area is 118 Å². The van der Waals surface area contributed by atoms with Crippen molar-refractivity contribution in [2.45, 2.75) is 18.9 Å². The predicted octanol–water partition coefficient (Wildman–Crippen LogP) is 2.79. The summed E-state index contributed by atoms with van der Waals surface area (Å²) in [5.74, 6) is -0.816. The standard InChI is InChI=1S/C17H19NO2/c1-18(16-11-15(16)17(19)20)9-8-12-6-7-13-4-2-3-5-14(13)10-12/h2-7,10,15-16H,8-9,11H2,1H3,(H,19,20). The van der Waals surface area contributed by atoms with Crippen LogP contribution in [0.1, 0.15) is 12.0 Å². The van der Waals surface area contributed by atoms with Crippen LogP contribution in [0.2, 0.25) is 0 Å². The summed E-state index contributed by atoms with van der Waals surface area (Å²) >= 11 is 0. The van der Waals surface area contributed by atoms with Gasteiger partial charge in [0.15, 0.2) is 0 Å². The van der Waals surface area contributed by atoms with E-state index in [1.54, 1.807) is 0 Å². The van der Waals surface area contributed by atoms with Gasteiger partial charge in [0.25, 0.3) is 0 Å². The molecule has 0 amide bonds. The van der Waals surface area contributed by atoms with Crippen LogP contribution in [0.25, 0.3) is 10.8 Å². The van der Waals surface area contributed by atoms with E-state index in [0.717, 1.165) is 19.4 Å². The quantitative estimate of drug-likeness (QED) is 0.907. The number of aliphatic carboxylic acids is 1. The maximum absolute atomic E-state index is 10.9. The Hall–Kier alpha value is -1.87. The normalized spacial score (nSPS) is 21.3. The second-order valence-corrected chi connectivity index (χ2v) is 5.66. The van der Waals surface area contributed by atoms with Crippen molar-refractivity contribution in [1.82, 2.24) is 4.90 Å². The summed E-state index contributed by atoms with van der Waals surface area (Å²) in [6, 6.07) is 15.1. The second kappa shape index (κ2) is 5.25. The maximum Gasteiger partial charge on any atom is 0.308 e. The molecule has 2 unspecified atom stereocenters. The molecule has 3 rings (SSSR count). The van der Waals surface area contributed by atoms with E-state index >= 15 is 0 Å². The van der Waals surface area contributed by atoms with Crippen molar-refractivity contribution < 1.29 is 9.90 Å². The van der Waals surface area contributed by atoms with Crippen LogP contribution in [0.5, 0.6) is 0 Å². The highest BCUT2D eigenvalue weighted by Gasteiger charge is 2.45. The monoisotopic (exact) mass is 269 g/mol. The first-order chi connectivity index (χ1) is 9.65. The van der Waals surface area contributed by atoms with Gasteiger partial charge in [0.05, 0.1) is 5.92 Å². The van der Waals surface area contributed by atoms with E-state index in [2.05, 4.69) is 47.4 Å². The van der Waals surface area contributed by atoms with E-state index < -0.39 is 5.97 Å². The lowest BCUT2D eigenvalue weighted by Crippen LogP contribution is -2.26. The average molecular weight is 269 g/mol. The third-order valence-electron chi connectivity index (χ3n) is 4.21. The molecule has 0 bridgehead atoms. The summed E-state index contributed by atoms with van der Waals surface area (Å²) in [6.07, 6.45) is 1.76. The molecule has 1 aliphatic rings. The molecule has 0 heterocycles. The fourth-order valence-electron chi connectivity index (χ4n) is 2.80. The number of fused-ring (bicyclic) bond motifs is 1. The van der Waals surface area contributed by atoms with Crippen LogP contribution in [0.15, 0.2) is 42.5 Å². The lowest BCUT2D eigenvalue weighted by molar-refractivity contribution is -0.138. The van der Waals surface area contributed by atoms with E-state index in [9.17, 15) is 4.79 Å². The highest BCUT2D eigenvalue weighted by molar-refractivity contribution is 5.83. The van der Waals surface area contributed by atoms with Crippen molar-refractivity contribution in [1.29, 1.82) is 0 Å². The Morgan fingerprint density at radius 2 is 2.00 bits per heavy atom. The maximum atomic E-state index is 10.9. The van der Waals surface area contributed by atoms with Gasteiger partial charge in [-0.15, -0.1) is 0 Å². The summed E-state index contributed by atoms with van der Waals surface area (Å²) in [7, 11) is 2.02. The second-order valence-electron chi connectivity index (χ2n) is 5.66. The lowest BCUT2D eigenvalue weighted by Gasteiger charge is -2.16. The van der Waals surface area contributed by atoms with Crippen molar-refractivity contribution in [3.05, 3.63) is 48.0 Å². The molecule has 104 valence electrons. The highest BCUT2D eigenvalue weighted by atomic mass is 16.4. The van der Waals surface area contributed by atoms with Gasteiger partial charge in [-0.05, 0) is 36.2 Å². The first-order valence-electron chi connectivity index (χ1n) is 7.06. The van der Waals surface area contributed by atoms with Crippen LogP contribution in [-0.2, 0) is 11.2 Å². The Morgan fingerprint density at radius 3 is 2.70 bits per heavy atom. The summed E-state index contributed by atoms with van der Waals surface area (Å²) in [5.41, 5.74) is 1.31.